The average molecular weight is 237 g/mol. The van der Waals surface area contributed by atoms with Gasteiger partial charge in [-0.25, -0.2) is 4.98 Å². The number of rotatable bonds is 1. The zero-order valence-corrected chi connectivity index (χ0v) is 9.61. The number of phenolic OH excluding ortho intramolecular Hbond substituents is 1. The molecule has 0 atom stereocenters. The van der Waals surface area contributed by atoms with Gasteiger partial charge in [0, 0.05) is 12.1 Å². The minimum Gasteiger partial charge on any atom is -0.508 e. The largest absolute Gasteiger partial charge is 0.508 e. The summed E-state index contributed by atoms with van der Waals surface area (Å²) in [5.41, 5.74) is 1.80. The molecule has 1 aliphatic carbocycles. The normalized spacial score (nSPS) is 17.3. The average Bonchev–Trinajstić information content (AvgIpc) is 2.83. The van der Waals surface area contributed by atoms with Crippen molar-refractivity contribution in [2.45, 2.75) is 31.7 Å². The molecule has 2 aromatic rings. The highest BCUT2D eigenvalue weighted by molar-refractivity contribution is 6.29. The molecule has 3 rings (SSSR count). The lowest BCUT2D eigenvalue weighted by atomic mass is 10.2. The lowest BCUT2D eigenvalue weighted by Gasteiger charge is -2.13. The number of phenols is 1. The predicted molar refractivity (Wildman–Crippen MR) is 63.9 cm³/mol. The van der Waals surface area contributed by atoms with Gasteiger partial charge in [0.2, 0.25) is 5.28 Å². The van der Waals surface area contributed by atoms with Crippen molar-refractivity contribution in [1.82, 2.24) is 9.55 Å². The SMILES string of the molecule is Oc1ccc2c(c1)nc(Cl)n2C1CCCC1. The second-order valence-corrected chi connectivity index (χ2v) is 4.70. The van der Waals surface area contributed by atoms with Gasteiger partial charge in [-0.15, -0.1) is 0 Å². The lowest BCUT2D eigenvalue weighted by molar-refractivity contribution is 0.476. The molecular weight excluding hydrogens is 224 g/mol. The maximum atomic E-state index is 9.40. The van der Waals surface area contributed by atoms with Gasteiger partial charge in [-0.05, 0) is 36.6 Å². The number of aromatic nitrogens is 2. The first-order valence-corrected chi connectivity index (χ1v) is 6.00. The van der Waals surface area contributed by atoms with Gasteiger partial charge in [0.25, 0.3) is 0 Å². The molecule has 0 bridgehead atoms. The van der Waals surface area contributed by atoms with Crippen molar-refractivity contribution in [1.29, 1.82) is 0 Å². The molecule has 0 unspecified atom stereocenters. The van der Waals surface area contributed by atoms with Crippen molar-refractivity contribution in [2.24, 2.45) is 0 Å². The molecule has 1 N–H and O–H groups in total. The number of benzene rings is 1. The number of fused-ring (bicyclic) bond motifs is 1. The Morgan fingerprint density at radius 2 is 2.06 bits per heavy atom. The van der Waals surface area contributed by atoms with Crippen molar-refractivity contribution in [3.05, 3.63) is 23.5 Å². The fourth-order valence-electron chi connectivity index (χ4n) is 2.57. The van der Waals surface area contributed by atoms with E-state index in [0.717, 1.165) is 11.0 Å². The van der Waals surface area contributed by atoms with Gasteiger partial charge < -0.3 is 9.67 Å². The quantitative estimate of drug-likeness (QED) is 0.823. The Morgan fingerprint density at radius 1 is 1.31 bits per heavy atom. The number of imidazole rings is 1. The van der Waals surface area contributed by atoms with Crippen LogP contribution < -0.4 is 0 Å². The van der Waals surface area contributed by atoms with Crippen molar-refractivity contribution < 1.29 is 5.11 Å². The topological polar surface area (TPSA) is 38.1 Å². The molecule has 1 fully saturated rings. The fourth-order valence-corrected chi connectivity index (χ4v) is 2.89. The van der Waals surface area contributed by atoms with Crippen molar-refractivity contribution in [3.8, 4) is 5.75 Å². The third kappa shape index (κ3) is 1.47. The lowest BCUT2D eigenvalue weighted by Crippen LogP contribution is -2.04. The monoisotopic (exact) mass is 236 g/mol. The molecular formula is C12H13ClN2O. The first-order valence-electron chi connectivity index (χ1n) is 5.62. The number of nitrogens with zero attached hydrogens (tertiary/aromatic N) is 2. The Kier molecular flexibility index (Phi) is 2.28. The smallest absolute Gasteiger partial charge is 0.204 e. The summed E-state index contributed by atoms with van der Waals surface area (Å²) >= 11 is 6.17. The summed E-state index contributed by atoms with van der Waals surface area (Å²) in [7, 11) is 0. The standard InChI is InChI=1S/C12H13ClN2O/c13-12-14-10-7-9(16)5-6-11(10)15(12)8-3-1-2-4-8/h5-8,16H,1-4H2. The molecule has 1 saturated carbocycles. The van der Waals surface area contributed by atoms with Crippen molar-refractivity contribution in [2.75, 3.05) is 0 Å². The Bertz CT molecular complexity index is 529. The third-order valence-electron chi connectivity index (χ3n) is 3.32. The molecule has 3 nitrogen and oxygen atoms in total. The minimum absolute atomic E-state index is 0.236. The zero-order valence-electron chi connectivity index (χ0n) is 8.86. The molecule has 1 aliphatic rings. The van der Waals surface area contributed by atoms with E-state index in [1.165, 1.54) is 25.7 Å². The first-order chi connectivity index (χ1) is 7.75. The second-order valence-electron chi connectivity index (χ2n) is 4.36. The number of hydrogen-bond acceptors (Lipinski definition) is 2. The molecule has 1 aromatic carbocycles. The molecule has 0 saturated heterocycles. The maximum absolute atomic E-state index is 9.40. The van der Waals surface area contributed by atoms with E-state index in [9.17, 15) is 5.11 Å². The van der Waals surface area contributed by atoms with Gasteiger partial charge in [0.15, 0.2) is 0 Å². The van der Waals surface area contributed by atoms with Gasteiger partial charge in [-0.3, -0.25) is 0 Å². The minimum atomic E-state index is 0.236. The molecule has 84 valence electrons. The van der Waals surface area contributed by atoms with Crippen LogP contribution in [0.5, 0.6) is 5.75 Å². The van der Waals surface area contributed by atoms with Crippen LogP contribution in [-0.2, 0) is 0 Å². The Balaban J connectivity index is 2.18. The van der Waals surface area contributed by atoms with Gasteiger partial charge in [-0.1, -0.05) is 12.8 Å². The predicted octanol–water partition coefficient (Wildman–Crippen LogP) is 3.51. The van der Waals surface area contributed by atoms with E-state index in [0.29, 0.717) is 11.3 Å². The molecule has 0 spiro atoms. The van der Waals surface area contributed by atoms with Crippen LogP contribution >= 0.6 is 11.6 Å². The van der Waals surface area contributed by atoms with E-state index in [1.54, 1.807) is 12.1 Å². The molecule has 0 radical (unpaired) electrons. The van der Waals surface area contributed by atoms with E-state index in [4.69, 9.17) is 11.6 Å². The van der Waals surface area contributed by atoms with E-state index >= 15 is 0 Å². The summed E-state index contributed by atoms with van der Waals surface area (Å²) in [5, 5.41) is 9.94. The summed E-state index contributed by atoms with van der Waals surface area (Å²) in [6.07, 6.45) is 4.87. The molecule has 16 heavy (non-hydrogen) atoms. The highest BCUT2D eigenvalue weighted by atomic mass is 35.5. The summed E-state index contributed by atoms with van der Waals surface area (Å²) < 4.78 is 2.10. The molecule has 0 aliphatic heterocycles. The Hall–Kier alpha value is -1.22. The maximum Gasteiger partial charge on any atom is 0.204 e. The summed E-state index contributed by atoms with van der Waals surface area (Å²) in [4.78, 5) is 4.29. The molecule has 0 amide bonds. The van der Waals surface area contributed by atoms with E-state index in [1.807, 2.05) is 6.07 Å². The van der Waals surface area contributed by atoms with Crippen LogP contribution in [0.15, 0.2) is 18.2 Å². The summed E-state index contributed by atoms with van der Waals surface area (Å²) in [6, 6.07) is 5.71. The molecule has 1 heterocycles. The van der Waals surface area contributed by atoms with Crippen LogP contribution in [0.2, 0.25) is 5.28 Å². The molecule has 4 heteroatoms. The van der Waals surface area contributed by atoms with E-state index in [2.05, 4.69) is 9.55 Å². The van der Waals surface area contributed by atoms with E-state index < -0.39 is 0 Å². The van der Waals surface area contributed by atoms with Crippen LogP contribution in [0, 0.1) is 0 Å². The first kappa shape index (κ1) is 9.97. The highest BCUT2D eigenvalue weighted by Crippen LogP contribution is 2.35. The Morgan fingerprint density at radius 3 is 2.81 bits per heavy atom. The number of aromatic hydroxyl groups is 1. The van der Waals surface area contributed by atoms with Crippen LogP contribution in [0.25, 0.3) is 11.0 Å². The van der Waals surface area contributed by atoms with Crippen molar-refractivity contribution in [3.63, 3.8) is 0 Å². The van der Waals surface area contributed by atoms with Gasteiger partial charge in [0.05, 0.1) is 11.0 Å². The number of hydrogen-bond donors (Lipinski definition) is 1. The van der Waals surface area contributed by atoms with Crippen molar-refractivity contribution >= 4 is 22.6 Å². The number of halogens is 1. The highest BCUT2D eigenvalue weighted by Gasteiger charge is 2.21. The summed E-state index contributed by atoms with van der Waals surface area (Å²) in [6.45, 7) is 0. The van der Waals surface area contributed by atoms with Gasteiger partial charge >= 0.3 is 0 Å². The van der Waals surface area contributed by atoms with Crippen LogP contribution in [0.4, 0.5) is 0 Å². The fraction of sp³-hybridized carbons (Fsp3) is 0.417. The van der Waals surface area contributed by atoms with E-state index in [-0.39, 0.29) is 5.75 Å². The third-order valence-corrected chi connectivity index (χ3v) is 3.59. The van der Waals surface area contributed by atoms with Gasteiger partial charge in [-0.2, -0.15) is 0 Å². The van der Waals surface area contributed by atoms with Crippen LogP contribution in [0.3, 0.4) is 0 Å². The van der Waals surface area contributed by atoms with Crippen LogP contribution in [0.1, 0.15) is 31.7 Å². The van der Waals surface area contributed by atoms with Gasteiger partial charge in [0.1, 0.15) is 5.75 Å². The Labute approximate surface area is 98.7 Å². The zero-order chi connectivity index (χ0) is 11.1. The molecule has 1 aromatic heterocycles. The second kappa shape index (κ2) is 3.67. The van der Waals surface area contributed by atoms with Crippen LogP contribution in [-0.4, -0.2) is 14.7 Å². The summed E-state index contributed by atoms with van der Waals surface area (Å²) in [5.74, 6) is 0.236.